The zero-order valence-corrected chi connectivity index (χ0v) is 16.5. The highest BCUT2D eigenvalue weighted by Crippen LogP contribution is 2.11. The number of hydrogen-bond acceptors (Lipinski definition) is 6. The summed E-state index contributed by atoms with van der Waals surface area (Å²) < 4.78 is 10.1. The highest BCUT2D eigenvalue weighted by molar-refractivity contribution is 9.11. The average Bonchev–Trinajstić information content (AvgIpc) is 2.63. The molecule has 1 aromatic rings. The molecule has 8 nitrogen and oxygen atoms in total. The van der Waals surface area contributed by atoms with Crippen molar-refractivity contribution in [2.45, 2.75) is 31.6 Å². The number of methoxy groups -OCH3 is 1. The number of carbonyl (C=O) groups is 3. The number of alkyl carbamates (subject to hydrolysis) is 1. The first-order valence-corrected chi connectivity index (χ1v) is 8.94. The summed E-state index contributed by atoms with van der Waals surface area (Å²) in [5.74, 6) is -1.19. The van der Waals surface area contributed by atoms with Gasteiger partial charge in [-0.2, -0.15) is 0 Å². The number of nitrogens with one attached hydrogen (secondary N) is 2. The van der Waals surface area contributed by atoms with Gasteiger partial charge in [0, 0.05) is 13.0 Å². The lowest BCUT2D eigenvalue weighted by Gasteiger charge is -2.17. The number of amides is 2. The monoisotopic (exact) mass is 442 g/mol. The molecule has 9 heteroatoms. The zero-order valence-electron chi connectivity index (χ0n) is 14.9. The molecule has 2 atom stereocenters. The first-order chi connectivity index (χ1) is 12.8. The van der Waals surface area contributed by atoms with Crippen LogP contribution in [-0.2, 0) is 25.7 Å². The Bertz CT molecular complexity index is 653. The van der Waals surface area contributed by atoms with Gasteiger partial charge < -0.3 is 25.2 Å². The maximum atomic E-state index is 12.0. The Labute approximate surface area is 166 Å². The van der Waals surface area contributed by atoms with E-state index in [4.69, 9.17) is 4.74 Å². The second-order valence-corrected chi connectivity index (χ2v) is 6.79. The molecule has 0 aromatic heterocycles. The molecule has 27 heavy (non-hydrogen) atoms. The van der Waals surface area contributed by atoms with Crippen molar-refractivity contribution in [1.29, 1.82) is 0 Å². The van der Waals surface area contributed by atoms with E-state index in [1.54, 1.807) is 0 Å². The topological polar surface area (TPSA) is 114 Å². The van der Waals surface area contributed by atoms with Crippen LogP contribution in [0.4, 0.5) is 4.79 Å². The van der Waals surface area contributed by atoms with Crippen molar-refractivity contribution >= 4 is 33.9 Å². The van der Waals surface area contributed by atoms with Gasteiger partial charge in [0.2, 0.25) is 5.91 Å². The second kappa shape index (κ2) is 12.1. The molecule has 0 radical (unpaired) electrons. The highest BCUT2D eigenvalue weighted by Gasteiger charge is 2.23. The number of hydrogen-bond donors (Lipinski definition) is 3. The Balaban J connectivity index is 2.34. The molecule has 0 aliphatic carbocycles. The van der Waals surface area contributed by atoms with Crippen LogP contribution in [0.15, 0.2) is 41.4 Å². The summed E-state index contributed by atoms with van der Waals surface area (Å²) >= 11 is 3.12. The molecule has 0 aliphatic rings. The van der Waals surface area contributed by atoms with Crippen molar-refractivity contribution in [2.24, 2.45) is 0 Å². The highest BCUT2D eigenvalue weighted by atomic mass is 79.9. The van der Waals surface area contributed by atoms with Crippen LogP contribution in [0, 0.1) is 0 Å². The summed E-state index contributed by atoms with van der Waals surface area (Å²) in [5.41, 5.74) is 0.829. The molecule has 0 aliphatic heterocycles. The minimum absolute atomic E-state index is 0.0977. The number of ether oxygens (including phenoxy) is 2. The van der Waals surface area contributed by atoms with Crippen LogP contribution in [0.3, 0.4) is 0 Å². The lowest BCUT2D eigenvalue weighted by molar-refractivity contribution is -0.145. The van der Waals surface area contributed by atoms with Crippen molar-refractivity contribution in [1.82, 2.24) is 10.6 Å². The Kier molecular flexibility index (Phi) is 10.1. The van der Waals surface area contributed by atoms with Gasteiger partial charge in [0.15, 0.2) is 0 Å². The molecule has 0 unspecified atom stereocenters. The molecule has 0 saturated carbocycles. The van der Waals surface area contributed by atoms with Crippen LogP contribution in [-0.4, -0.2) is 48.9 Å². The molecule has 0 heterocycles. The lowest BCUT2D eigenvalue weighted by Crippen LogP contribution is -2.43. The quantitative estimate of drug-likeness (QED) is 0.474. The van der Waals surface area contributed by atoms with Gasteiger partial charge in [-0.15, -0.1) is 0 Å². The molecule has 1 rings (SSSR count). The van der Waals surface area contributed by atoms with E-state index in [2.05, 4.69) is 37.9 Å². The lowest BCUT2D eigenvalue weighted by atomic mass is 10.1. The van der Waals surface area contributed by atoms with Gasteiger partial charge in [0.1, 0.15) is 12.6 Å². The van der Waals surface area contributed by atoms with E-state index in [0.29, 0.717) is 4.48 Å². The van der Waals surface area contributed by atoms with E-state index in [-0.39, 0.29) is 26.0 Å². The van der Waals surface area contributed by atoms with Crippen LogP contribution in [0.5, 0.6) is 0 Å². The third kappa shape index (κ3) is 9.76. The third-order valence-electron chi connectivity index (χ3n) is 3.36. The molecular weight excluding hydrogens is 420 g/mol. The smallest absolute Gasteiger partial charge is 0.407 e. The maximum Gasteiger partial charge on any atom is 0.407 e. The predicted molar refractivity (Wildman–Crippen MR) is 102 cm³/mol. The van der Waals surface area contributed by atoms with Gasteiger partial charge in [-0.1, -0.05) is 52.8 Å². The van der Waals surface area contributed by atoms with E-state index >= 15 is 0 Å². The van der Waals surface area contributed by atoms with E-state index in [1.165, 1.54) is 7.11 Å². The zero-order chi connectivity index (χ0) is 20.2. The predicted octanol–water partition coefficient (Wildman–Crippen LogP) is 1.62. The number of halogens is 1. The number of aliphatic hydroxyl groups excluding tert-OH is 1. The summed E-state index contributed by atoms with van der Waals surface area (Å²) in [6.45, 7) is 3.54. The second-order valence-electron chi connectivity index (χ2n) is 5.67. The van der Waals surface area contributed by atoms with E-state index in [0.717, 1.165) is 5.56 Å². The minimum atomic E-state index is -1.14. The van der Waals surface area contributed by atoms with Crippen LogP contribution < -0.4 is 10.6 Å². The summed E-state index contributed by atoms with van der Waals surface area (Å²) in [6, 6.07) is 8.21. The number of rotatable bonds is 10. The fraction of sp³-hybridized carbons (Fsp3) is 0.389. The van der Waals surface area contributed by atoms with Gasteiger partial charge in [-0.05, 0) is 10.0 Å². The van der Waals surface area contributed by atoms with Crippen molar-refractivity contribution in [2.75, 3.05) is 13.7 Å². The molecule has 2 amide bonds. The third-order valence-corrected chi connectivity index (χ3v) is 3.69. The van der Waals surface area contributed by atoms with Gasteiger partial charge in [-0.25, -0.2) is 9.59 Å². The molecular formula is C18H23BrN2O6. The largest absolute Gasteiger partial charge is 0.467 e. The van der Waals surface area contributed by atoms with Crippen LogP contribution >= 0.6 is 15.9 Å². The Morgan fingerprint density at radius 3 is 2.48 bits per heavy atom. The molecule has 0 bridgehead atoms. The number of aliphatic hydroxyl groups is 1. The summed E-state index contributed by atoms with van der Waals surface area (Å²) in [7, 11) is 1.21. The number of carbonyl (C=O) groups excluding carboxylic acids is 3. The van der Waals surface area contributed by atoms with Crippen LogP contribution in [0.25, 0.3) is 0 Å². The van der Waals surface area contributed by atoms with E-state index < -0.39 is 30.1 Å². The van der Waals surface area contributed by atoms with Crippen molar-refractivity contribution < 1.29 is 29.0 Å². The van der Waals surface area contributed by atoms with E-state index in [9.17, 15) is 19.5 Å². The first-order valence-electron chi connectivity index (χ1n) is 8.15. The minimum Gasteiger partial charge on any atom is -0.467 e. The molecule has 0 saturated heterocycles. The molecule has 0 fully saturated rings. The first kappa shape index (κ1) is 22.7. The summed E-state index contributed by atoms with van der Waals surface area (Å²) in [6.07, 6.45) is -2.00. The Morgan fingerprint density at radius 2 is 1.89 bits per heavy atom. The number of esters is 1. The summed E-state index contributed by atoms with van der Waals surface area (Å²) in [4.78, 5) is 35.2. The molecule has 3 N–H and O–H groups in total. The molecule has 0 spiro atoms. The Hall–Kier alpha value is -2.39. The fourth-order valence-electron chi connectivity index (χ4n) is 2.07. The maximum absolute atomic E-state index is 12.0. The molecule has 148 valence electrons. The van der Waals surface area contributed by atoms with Gasteiger partial charge in [-0.3, -0.25) is 4.79 Å². The van der Waals surface area contributed by atoms with Crippen molar-refractivity contribution in [3.05, 3.63) is 47.0 Å². The summed E-state index contributed by atoms with van der Waals surface area (Å²) in [5, 5.41) is 14.7. The van der Waals surface area contributed by atoms with Crippen LogP contribution in [0.2, 0.25) is 0 Å². The molecule has 1 aromatic carbocycles. The Morgan fingerprint density at radius 1 is 1.22 bits per heavy atom. The normalized spacial score (nSPS) is 12.4. The average molecular weight is 443 g/mol. The van der Waals surface area contributed by atoms with Gasteiger partial charge in [0.25, 0.3) is 0 Å². The standard InChI is InChI=1S/C18H23BrN2O6/c1-12(19)8-15(17(24)26-2)21-16(23)9-14(22)10-20-18(25)27-11-13-6-4-3-5-7-13/h3-7,14-15,22H,1,8-11H2,2H3,(H,20,25)(H,21,23)/t14-,15-/m0/s1. The van der Waals surface area contributed by atoms with Gasteiger partial charge in [0.05, 0.1) is 19.6 Å². The SMILES string of the molecule is C=C(Br)C[C@H](NC(=O)C[C@H](O)CNC(=O)OCc1ccccc1)C(=O)OC. The van der Waals surface area contributed by atoms with Crippen LogP contribution in [0.1, 0.15) is 18.4 Å². The van der Waals surface area contributed by atoms with Crippen molar-refractivity contribution in [3.63, 3.8) is 0 Å². The fourth-order valence-corrected chi connectivity index (χ4v) is 2.40. The van der Waals surface area contributed by atoms with E-state index in [1.807, 2.05) is 30.3 Å². The number of benzene rings is 1. The van der Waals surface area contributed by atoms with Gasteiger partial charge >= 0.3 is 12.1 Å². The van der Waals surface area contributed by atoms with Crippen molar-refractivity contribution in [3.8, 4) is 0 Å².